The maximum absolute atomic E-state index is 14.9. The first-order valence-corrected chi connectivity index (χ1v) is 22.8. The van der Waals surface area contributed by atoms with E-state index in [0.29, 0.717) is 65.2 Å². The number of benzene rings is 3. The molecule has 65 heavy (non-hydrogen) atoms. The highest BCUT2D eigenvalue weighted by Crippen LogP contribution is 2.34. The molecule has 2 aliphatic rings. The van der Waals surface area contributed by atoms with Gasteiger partial charge >= 0.3 is 0 Å². The molecule has 2 fully saturated rings. The summed E-state index contributed by atoms with van der Waals surface area (Å²) in [6.07, 6.45) is 3.03. The zero-order valence-corrected chi connectivity index (χ0v) is 39.1. The normalized spacial score (nSPS) is 21.1. The molecule has 342 valence electrons. The van der Waals surface area contributed by atoms with Crippen LogP contribution in [0.1, 0.15) is 60.9 Å². The Bertz CT molecular complexity index is 2510. The average molecular weight is 923 g/mol. The van der Waals surface area contributed by atoms with Gasteiger partial charge in [-0.15, -0.1) is 0 Å². The van der Waals surface area contributed by atoms with Gasteiger partial charge in [-0.2, -0.15) is 0 Å². The summed E-state index contributed by atoms with van der Waals surface area (Å²) in [4.78, 5) is 73.0. The molecule has 3 amide bonds. The fourth-order valence-corrected chi connectivity index (χ4v) is 9.23. The van der Waals surface area contributed by atoms with Gasteiger partial charge in [0.05, 0.1) is 55.0 Å². The number of hydrogen-bond donors (Lipinski definition) is 2. The first kappa shape index (κ1) is 47.4. The van der Waals surface area contributed by atoms with Crippen LogP contribution in [0.2, 0.25) is 10.0 Å². The van der Waals surface area contributed by atoms with Gasteiger partial charge in [-0.25, -0.2) is 4.98 Å². The predicted molar refractivity (Wildman–Crippen MR) is 250 cm³/mol. The summed E-state index contributed by atoms with van der Waals surface area (Å²) in [5, 5.41) is 14.8. The average Bonchev–Trinajstić information content (AvgIpc) is 3.63. The number of Topliss-reactive ketones (excluding diaryl/α,β-unsaturated/α-hetero) is 1. The van der Waals surface area contributed by atoms with Crippen molar-refractivity contribution in [2.24, 2.45) is 18.9 Å². The molecule has 3 aromatic carbocycles. The minimum absolute atomic E-state index is 0.0759. The second-order valence-corrected chi connectivity index (χ2v) is 18.7. The van der Waals surface area contributed by atoms with Gasteiger partial charge in [0, 0.05) is 72.0 Å². The largest absolute Gasteiger partial charge is 0.457 e. The van der Waals surface area contributed by atoms with Crippen molar-refractivity contribution in [2.45, 2.75) is 77.0 Å². The van der Waals surface area contributed by atoms with E-state index in [1.165, 1.54) is 4.90 Å². The van der Waals surface area contributed by atoms with Crippen LogP contribution in [-0.2, 0) is 52.2 Å². The van der Waals surface area contributed by atoms with E-state index in [4.69, 9.17) is 32.9 Å². The third-order valence-corrected chi connectivity index (χ3v) is 13.0. The Balaban J connectivity index is 1.21. The summed E-state index contributed by atoms with van der Waals surface area (Å²) in [6.45, 7) is 4.13. The molecule has 2 bridgehead atoms. The van der Waals surface area contributed by atoms with Gasteiger partial charge < -0.3 is 34.4 Å². The van der Waals surface area contributed by atoms with Crippen LogP contribution in [0, 0.1) is 18.8 Å². The molecule has 0 saturated carbocycles. The van der Waals surface area contributed by atoms with Crippen LogP contribution in [-0.4, -0.2) is 103 Å². The number of pyridine rings is 1. The number of amides is 3. The van der Waals surface area contributed by atoms with Gasteiger partial charge in [-0.05, 0) is 113 Å². The number of carbonyl (C=O) groups excluding carboxylic acids is 4. The van der Waals surface area contributed by atoms with E-state index in [0.717, 1.165) is 28.3 Å². The quantitative estimate of drug-likeness (QED) is 0.132. The van der Waals surface area contributed by atoms with Crippen LogP contribution in [0.15, 0.2) is 91.1 Å². The summed E-state index contributed by atoms with van der Waals surface area (Å²) in [6, 6.07) is 24.6. The summed E-state index contributed by atoms with van der Waals surface area (Å²) in [5.74, 6) is -1.70. The molecule has 0 unspecified atom stereocenters. The predicted octanol–water partition coefficient (Wildman–Crippen LogP) is 7.22. The van der Waals surface area contributed by atoms with E-state index in [9.17, 15) is 24.3 Å². The molecule has 2 N–H and O–H groups in total. The Kier molecular flexibility index (Phi) is 15.1. The molecule has 2 saturated heterocycles. The number of nitrogens with one attached hydrogen (secondary N) is 1. The standard InChI is InChI=1S/C50H57Cl2N7O6/c1-32-8-6-9-41(54-32)22-37-24-47(62)59(28-36-12-17-40(52)25-45(36)65-42-18-13-35(14-19-42)43-27-53-46(57(43)5)29-56(3)4)33(2)44(61)23-38(30-60)48(63)55-50(20-7-21-58(31-50)49(37)64)26-34-10-15-39(51)16-11-34/h6,8-19,25,27,33,37-38,60H,7,20-24,26,28-31H2,1-5H3,(H,55,63)/t33-,37+,38-,50+/m0/s1. The number of rotatable bonds is 12. The number of hydrogen-bond acceptors (Lipinski definition) is 9. The fraction of sp³-hybridized carbons (Fsp3) is 0.400. The zero-order chi connectivity index (χ0) is 46.4. The molecule has 0 spiro atoms. The lowest BCUT2D eigenvalue weighted by molar-refractivity contribution is -0.147. The molecule has 0 aliphatic carbocycles. The maximum atomic E-state index is 14.9. The van der Waals surface area contributed by atoms with E-state index in [-0.39, 0.29) is 38.3 Å². The van der Waals surface area contributed by atoms with Crippen molar-refractivity contribution in [2.75, 3.05) is 33.8 Å². The van der Waals surface area contributed by atoms with Crippen molar-refractivity contribution >= 4 is 46.7 Å². The Hall–Kier alpha value is -5.60. The van der Waals surface area contributed by atoms with Crippen molar-refractivity contribution < 1.29 is 29.0 Å². The summed E-state index contributed by atoms with van der Waals surface area (Å²) in [5.41, 5.74) is 3.90. The Labute approximate surface area is 390 Å². The maximum Gasteiger partial charge on any atom is 0.226 e. The van der Waals surface area contributed by atoms with E-state index in [2.05, 4.69) is 19.8 Å². The number of aliphatic hydroxyl groups excluding tert-OH is 1. The summed E-state index contributed by atoms with van der Waals surface area (Å²) < 4.78 is 8.51. The molecular weight excluding hydrogens is 865 g/mol. The first-order chi connectivity index (χ1) is 31.1. The number of halogens is 2. The van der Waals surface area contributed by atoms with Gasteiger partial charge in [-0.3, -0.25) is 24.2 Å². The van der Waals surface area contributed by atoms with Crippen LogP contribution < -0.4 is 10.1 Å². The van der Waals surface area contributed by atoms with Crippen molar-refractivity contribution in [3.8, 4) is 22.8 Å². The molecular formula is C50H57Cl2N7O6. The highest BCUT2D eigenvalue weighted by atomic mass is 35.5. The highest BCUT2D eigenvalue weighted by molar-refractivity contribution is 6.31. The smallest absolute Gasteiger partial charge is 0.226 e. The van der Waals surface area contributed by atoms with E-state index in [1.54, 1.807) is 42.2 Å². The lowest BCUT2D eigenvalue weighted by Gasteiger charge is -2.45. The van der Waals surface area contributed by atoms with E-state index < -0.39 is 47.6 Å². The van der Waals surface area contributed by atoms with Gasteiger partial charge in [0.2, 0.25) is 17.7 Å². The SMILES string of the molecule is Cc1cccc(C[C@@H]2CC(=O)N(Cc3ccc(Cl)cc3Oc3ccc(-c4cnc(CN(C)C)n4C)cc3)[C@@H](C)C(=O)C[C@@H](CO)C(=O)N[C@@]3(Cc4ccc(Cl)cc4)CCCN(C3)C2=O)n1. The van der Waals surface area contributed by atoms with Gasteiger partial charge in [0.1, 0.15) is 17.3 Å². The summed E-state index contributed by atoms with van der Waals surface area (Å²) in [7, 11) is 5.98. The third-order valence-electron chi connectivity index (χ3n) is 12.5. The number of aliphatic hydroxyl groups is 1. The minimum atomic E-state index is -1.10. The molecule has 4 atom stereocenters. The lowest BCUT2D eigenvalue weighted by atomic mass is 9.81. The number of ketones is 1. The number of piperidine rings is 1. The van der Waals surface area contributed by atoms with Crippen molar-refractivity contribution in [1.29, 1.82) is 0 Å². The number of fused-ring (bicyclic) bond motifs is 2. The van der Waals surface area contributed by atoms with Crippen LogP contribution >= 0.6 is 23.2 Å². The molecule has 5 aromatic rings. The lowest BCUT2D eigenvalue weighted by Crippen LogP contribution is -2.63. The van der Waals surface area contributed by atoms with Crippen molar-refractivity contribution in [3.05, 3.63) is 130 Å². The summed E-state index contributed by atoms with van der Waals surface area (Å²) >= 11 is 12.8. The third kappa shape index (κ3) is 11.6. The van der Waals surface area contributed by atoms with E-state index in [1.807, 2.05) is 88.9 Å². The number of nitrogens with zero attached hydrogens (tertiary/aromatic N) is 6. The zero-order valence-electron chi connectivity index (χ0n) is 37.6. The Morgan fingerprint density at radius 2 is 1.68 bits per heavy atom. The van der Waals surface area contributed by atoms with Gasteiger partial charge in [-0.1, -0.05) is 47.5 Å². The monoisotopic (exact) mass is 921 g/mol. The Morgan fingerprint density at radius 3 is 2.38 bits per heavy atom. The molecule has 2 aromatic heterocycles. The number of aryl methyl sites for hydroxylation is 1. The van der Waals surface area contributed by atoms with Crippen LogP contribution in [0.25, 0.3) is 11.3 Å². The van der Waals surface area contributed by atoms with E-state index >= 15 is 0 Å². The van der Waals surface area contributed by atoms with Crippen LogP contribution in [0.5, 0.6) is 11.5 Å². The molecule has 4 heterocycles. The van der Waals surface area contributed by atoms with Gasteiger partial charge in [0.25, 0.3) is 0 Å². The number of carbonyl (C=O) groups is 4. The highest BCUT2D eigenvalue weighted by Gasteiger charge is 2.43. The number of ether oxygens (including phenoxy) is 1. The Morgan fingerprint density at radius 1 is 0.938 bits per heavy atom. The molecule has 13 nitrogen and oxygen atoms in total. The molecule has 2 aliphatic heterocycles. The molecule has 0 radical (unpaired) electrons. The van der Waals surface area contributed by atoms with Crippen molar-refractivity contribution in [1.82, 2.24) is 34.6 Å². The number of aromatic nitrogens is 3. The van der Waals surface area contributed by atoms with Crippen molar-refractivity contribution in [3.63, 3.8) is 0 Å². The second kappa shape index (κ2) is 20.7. The molecule has 7 rings (SSSR count). The fourth-order valence-electron chi connectivity index (χ4n) is 8.94. The topological polar surface area (TPSA) is 150 Å². The van der Waals surface area contributed by atoms with Gasteiger partial charge in [0.15, 0.2) is 5.78 Å². The van der Waals surface area contributed by atoms with Crippen LogP contribution in [0.3, 0.4) is 0 Å². The number of imidazole rings is 1. The minimum Gasteiger partial charge on any atom is -0.457 e. The van der Waals surface area contributed by atoms with Crippen LogP contribution in [0.4, 0.5) is 0 Å². The molecule has 15 heteroatoms. The first-order valence-electron chi connectivity index (χ1n) is 22.0. The second-order valence-electron chi connectivity index (χ2n) is 17.8.